The molecule has 0 aliphatic carbocycles. The lowest BCUT2D eigenvalue weighted by Gasteiger charge is -2.24. The number of aryl methyl sites for hydroxylation is 1. The summed E-state index contributed by atoms with van der Waals surface area (Å²) >= 11 is 0. The molecule has 2 heterocycles. The predicted octanol–water partition coefficient (Wildman–Crippen LogP) is 4.65. The molecule has 0 saturated heterocycles. The van der Waals surface area contributed by atoms with Crippen LogP contribution in [0, 0.1) is 6.92 Å². The molecule has 0 N–H and O–H groups in total. The Labute approximate surface area is 144 Å². The lowest BCUT2D eigenvalue weighted by atomic mass is 10.0. The number of benzene rings is 2. The molecule has 2 aromatic carbocycles. The minimum Gasteiger partial charge on any atom is -0.340 e. The van der Waals surface area contributed by atoms with Crippen LogP contribution in [0.25, 0.3) is 17.0 Å². The Hall–Kier alpha value is -2.32. The smallest absolute Gasteiger partial charge is 0.0489 e. The van der Waals surface area contributed by atoms with Crippen molar-refractivity contribution < 1.29 is 0 Å². The summed E-state index contributed by atoms with van der Waals surface area (Å²) in [6.07, 6.45) is 5.65. The van der Waals surface area contributed by atoms with E-state index < -0.39 is 0 Å². The second-order valence-electron chi connectivity index (χ2n) is 6.86. The van der Waals surface area contributed by atoms with Crippen molar-refractivity contribution in [3.05, 3.63) is 77.0 Å². The Morgan fingerprint density at radius 2 is 1.92 bits per heavy atom. The molecule has 2 nitrogen and oxygen atoms in total. The van der Waals surface area contributed by atoms with Gasteiger partial charge >= 0.3 is 0 Å². The van der Waals surface area contributed by atoms with Gasteiger partial charge in [-0.15, -0.1) is 0 Å². The minimum atomic E-state index is 0.938. The standard InChI is InChI=1S/C22H24N2/c1-17-10-11-21-19(15-17)20-16-23(2)14-12-22(20)24(21)13-6-9-18-7-4-3-5-8-18/h3-11,15H,12-14,16H2,1-2H3/b9-6-. The fourth-order valence-electron chi connectivity index (χ4n) is 3.77. The molecule has 1 aliphatic rings. The van der Waals surface area contributed by atoms with Crippen LogP contribution >= 0.6 is 0 Å². The first kappa shape index (κ1) is 15.2. The molecule has 24 heavy (non-hydrogen) atoms. The van der Waals surface area contributed by atoms with E-state index in [1.807, 2.05) is 0 Å². The van der Waals surface area contributed by atoms with Crippen molar-refractivity contribution in [3.8, 4) is 0 Å². The summed E-state index contributed by atoms with van der Waals surface area (Å²) < 4.78 is 2.51. The summed E-state index contributed by atoms with van der Waals surface area (Å²) in [5.74, 6) is 0. The second-order valence-corrected chi connectivity index (χ2v) is 6.86. The lowest BCUT2D eigenvalue weighted by Crippen LogP contribution is -2.27. The van der Waals surface area contributed by atoms with Gasteiger partial charge in [0.15, 0.2) is 0 Å². The molecule has 2 heteroatoms. The number of hydrogen-bond acceptors (Lipinski definition) is 1. The Morgan fingerprint density at radius 3 is 2.75 bits per heavy atom. The predicted molar refractivity (Wildman–Crippen MR) is 102 cm³/mol. The molecule has 0 unspecified atom stereocenters. The molecule has 4 rings (SSSR count). The molecule has 0 amide bonds. The average molecular weight is 316 g/mol. The lowest BCUT2D eigenvalue weighted by molar-refractivity contribution is 0.310. The van der Waals surface area contributed by atoms with Crippen LogP contribution in [0.4, 0.5) is 0 Å². The van der Waals surface area contributed by atoms with E-state index >= 15 is 0 Å². The Morgan fingerprint density at radius 1 is 1.08 bits per heavy atom. The SMILES string of the molecule is Cc1ccc2c(c1)c1c(n2C/C=C\c2ccccc2)CCN(C)C1. The molecule has 0 bridgehead atoms. The van der Waals surface area contributed by atoms with E-state index in [-0.39, 0.29) is 0 Å². The van der Waals surface area contributed by atoms with E-state index in [0.717, 1.165) is 26.1 Å². The first-order valence-electron chi connectivity index (χ1n) is 8.73. The van der Waals surface area contributed by atoms with Crippen LogP contribution in [-0.4, -0.2) is 23.1 Å². The van der Waals surface area contributed by atoms with E-state index in [2.05, 4.69) is 84.1 Å². The van der Waals surface area contributed by atoms with Crippen molar-refractivity contribution in [2.24, 2.45) is 0 Å². The van der Waals surface area contributed by atoms with E-state index in [9.17, 15) is 0 Å². The van der Waals surface area contributed by atoms with Gasteiger partial charge in [0, 0.05) is 42.7 Å². The van der Waals surface area contributed by atoms with Crippen LogP contribution < -0.4 is 0 Å². The third-order valence-corrected chi connectivity index (χ3v) is 5.00. The number of fused-ring (bicyclic) bond motifs is 3. The van der Waals surface area contributed by atoms with Crippen LogP contribution in [-0.2, 0) is 19.5 Å². The summed E-state index contributed by atoms with van der Waals surface area (Å²) in [5.41, 5.74) is 7.02. The minimum absolute atomic E-state index is 0.938. The maximum absolute atomic E-state index is 2.51. The highest BCUT2D eigenvalue weighted by molar-refractivity contribution is 5.86. The molecule has 122 valence electrons. The summed E-state index contributed by atoms with van der Waals surface area (Å²) in [6.45, 7) is 5.33. The number of likely N-dealkylation sites (N-methyl/N-ethyl adjacent to an activating group) is 1. The summed E-state index contributed by atoms with van der Waals surface area (Å²) in [7, 11) is 2.22. The maximum Gasteiger partial charge on any atom is 0.0489 e. The van der Waals surface area contributed by atoms with Gasteiger partial charge in [0.1, 0.15) is 0 Å². The van der Waals surface area contributed by atoms with Crippen molar-refractivity contribution in [1.29, 1.82) is 0 Å². The van der Waals surface area contributed by atoms with Crippen LogP contribution in [0.1, 0.15) is 22.4 Å². The highest BCUT2D eigenvalue weighted by Crippen LogP contribution is 2.31. The molecule has 1 aromatic heterocycles. The van der Waals surface area contributed by atoms with E-state index in [1.165, 1.54) is 33.3 Å². The van der Waals surface area contributed by atoms with Gasteiger partial charge in [-0.2, -0.15) is 0 Å². The summed E-state index contributed by atoms with van der Waals surface area (Å²) in [4.78, 5) is 2.42. The Kier molecular flexibility index (Phi) is 3.99. The van der Waals surface area contributed by atoms with E-state index in [4.69, 9.17) is 0 Å². The average Bonchev–Trinajstić information content (AvgIpc) is 2.89. The van der Waals surface area contributed by atoms with Gasteiger partial charge in [-0.1, -0.05) is 54.1 Å². The van der Waals surface area contributed by atoms with Gasteiger partial charge < -0.3 is 9.47 Å². The van der Waals surface area contributed by atoms with Crippen molar-refractivity contribution in [2.45, 2.75) is 26.4 Å². The first-order chi connectivity index (χ1) is 11.7. The Balaban J connectivity index is 1.73. The van der Waals surface area contributed by atoms with Gasteiger partial charge in [-0.3, -0.25) is 0 Å². The molecule has 3 aromatic rings. The molecular formula is C22H24N2. The van der Waals surface area contributed by atoms with Crippen LogP contribution in [0.2, 0.25) is 0 Å². The van der Waals surface area contributed by atoms with Gasteiger partial charge in [0.05, 0.1) is 0 Å². The molecular weight excluding hydrogens is 292 g/mol. The van der Waals surface area contributed by atoms with Gasteiger partial charge in [-0.25, -0.2) is 0 Å². The molecule has 0 fully saturated rings. The molecule has 1 aliphatic heterocycles. The summed E-state index contributed by atoms with van der Waals surface area (Å²) in [5, 5.41) is 1.43. The number of nitrogens with zero attached hydrogens (tertiary/aromatic N) is 2. The number of aromatic nitrogens is 1. The zero-order chi connectivity index (χ0) is 16.5. The molecule has 0 saturated carbocycles. The third kappa shape index (κ3) is 2.78. The molecule has 0 atom stereocenters. The van der Waals surface area contributed by atoms with Gasteiger partial charge in [0.2, 0.25) is 0 Å². The van der Waals surface area contributed by atoms with Crippen molar-refractivity contribution in [2.75, 3.05) is 13.6 Å². The topological polar surface area (TPSA) is 8.17 Å². The number of allylic oxidation sites excluding steroid dienone is 1. The van der Waals surface area contributed by atoms with Gasteiger partial charge in [0.25, 0.3) is 0 Å². The highest BCUT2D eigenvalue weighted by atomic mass is 15.1. The first-order valence-corrected chi connectivity index (χ1v) is 8.73. The van der Waals surface area contributed by atoms with Crippen LogP contribution in [0.15, 0.2) is 54.6 Å². The molecule has 0 spiro atoms. The van der Waals surface area contributed by atoms with Gasteiger partial charge in [-0.05, 0) is 37.2 Å². The zero-order valence-corrected chi connectivity index (χ0v) is 14.5. The Bertz CT molecular complexity index is 887. The van der Waals surface area contributed by atoms with Crippen molar-refractivity contribution in [1.82, 2.24) is 9.47 Å². The van der Waals surface area contributed by atoms with Crippen molar-refractivity contribution in [3.63, 3.8) is 0 Å². The van der Waals surface area contributed by atoms with Crippen LogP contribution in [0.5, 0.6) is 0 Å². The third-order valence-electron chi connectivity index (χ3n) is 5.00. The zero-order valence-electron chi connectivity index (χ0n) is 14.5. The fourth-order valence-corrected chi connectivity index (χ4v) is 3.77. The number of hydrogen-bond donors (Lipinski definition) is 0. The normalized spacial score (nSPS) is 15.2. The summed E-state index contributed by atoms with van der Waals surface area (Å²) in [6, 6.07) is 17.4. The van der Waals surface area contributed by atoms with Crippen molar-refractivity contribution >= 4 is 17.0 Å². The highest BCUT2D eigenvalue weighted by Gasteiger charge is 2.21. The maximum atomic E-state index is 2.51. The number of rotatable bonds is 3. The quantitative estimate of drug-likeness (QED) is 0.683. The van der Waals surface area contributed by atoms with E-state index in [0.29, 0.717) is 0 Å². The fraction of sp³-hybridized carbons (Fsp3) is 0.273. The molecule has 0 radical (unpaired) electrons. The largest absolute Gasteiger partial charge is 0.340 e. The monoisotopic (exact) mass is 316 g/mol. The second kappa shape index (κ2) is 6.29. The van der Waals surface area contributed by atoms with E-state index in [1.54, 1.807) is 0 Å². The van der Waals surface area contributed by atoms with Crippen LogP contribution in [0.3, 0.4) is 0 Å².